The van der Waals surface area contributed by atoms with Gasteiger partial charge in [-0.15, -0.1) is 11.3 Å². The molecule has 0 saturated heterocycles. The molecular weight excluding hydrogens is 433 g/mol. The van der Waals surface area contributed by atoms with E-state index in [1.54, 1.807) is 11.3 Å². The molecule has 0 spiro atoms. The Kier molecular flexibility index (Phi) is 4.99. The normalized spacial score (nSPS) is 11.2. The predicted octanol–water partition coefficient (Wildman–Crippen LogP) is 8.09. The van der Waals surface area contributed by atoms with Gasteiger partial charge in [0.25, 0.3) is 0 Å². The summed E-state index contributed by atoms with van der Waals surface area (Å²) in [7, 11) is 0. The molecule has 5 aromatic rings. The molecule has 0 saturated carbocycles. The monoisotopic (exact) mass is 449 g/mol. The van der Waals surface area contributed by atoms with E-state index >= 15 is 0 Å². The molecule has 30 heavy (non-hydrogen) atoms. The molecule has 148 valence electrons. The molecule has 0 aliphatic heterocycles. The number of aryl methyl sites for hydroxylation is 1. The third kappa shape index (κ3) is 3.27. The van der Waals surface area contributed by atoms with Crippen LogP contribution in [0.25, 0.3) is 27.5 Å². The maximum absolute atomic E-state index is 6.55. The molecule has 6 heteroatoms. The van der Waals surface area contributed by atoms with Crippen LogP contribution >= 0.6 is 34.5 Å². The quantitative estimate of drug-likeness (QED) is 0.300. The van der Waals surface area contributed by atoms with Gasteiger partial charge in [-0.25, -0.2) is 4.98 Å². The van der Waals surface area contributed by atoms with Gasteiger partial charge in [0, 0.05) is 10.9 Å². The van der Waals surface area contributed by atoms with Crippen molar-refractivity contribution in [1.82, 2.24) is 9.38 Å². The molecule has 2 heterocycles. The average Bonchev–Trinajstić information content (AvgIpc) is 3.32. The first-order chi connectivity index (χ1) is 14.6. The fourth-order valence-corrected chi connectivity index (χ4v) is 4.93. The number of aromatic nitrogens is 2. The molecule has 2 aromatic heterocycles. The number of benzene rings is 3. The summed E-state index contributed by atoms with van der Waals surface area (Å²) in [4.78, 5) is 5.82. The second-order valence-electron chi connectivity index (χ2n) is 6.95. The molecule has 1 N–H and O–H groups in total. The number of nitrogens with one attached hydrogen (secondary N) is 1. The fourth-order valence-electron chi connectivity index (χ4n) is 3.53. The Hall–Kier alpha value is -2.79. The second kappa shape index (κ2) is 7.80. The van der Waals surface area contributed by atoms with Crippen molar-refractivity contribution in [2.24, 2.45) is 0 Å². The van der Waals surface area contributed by atoms with Gasteiger partial charge in [0.2, 0.25) is 0 Å². The lowest BCUT2D eigenvalue weighted by atomic mass is 10.1. The van der Waals surface area contributed by atoms with Crippen LogP contribution in [0.15, 0.2) is 78.2 Å². The highest BCUT2D eigenvalue weighted by Gasteiger charge is 2.21. The highest BCUT2D eigenvalue weighted by atomic mass is 35.5. The Morgan fingerprint density at radius 1 is 0.867 bits per heavy atom. The Balaban J connectivity index is 1.79. The average molecular weight is 450 g/mol. The van der Waals surface area contributed by atoms with E-state index in [1.807, 2.05) is 67.6 Å². The molecule has 3 aromatic carbocycles. The SMILES string of the molecule is Cc1cccc(Cl)c1Nc1c(-c2ccccc2Cl)nc2scc(-c3ccccc3)n12. The summed E-state index contributed by atoms with van der Waals surface area (Å²) in [6.45, 7) is 2.04. The molecule has 3 nitrogen and oxygen atoms in total. The Morgan fingerprint density at radius 2 is 1.60 bits per heavy atom. The maximum Gasteiger partial charge on any atom is 0.196 e. The summed E-state index contributed by atoms with van der Waals surface area (Å²) in [5.74, 6) is 0.842. The first kappa shape index (κ1) is 19.2. The number of para-hydroxylation sites is 1. The third-order valence-electron chi connectivity index (χ3n) is 5.03. The molecule has 0 aliphatic rings. The zero-order valence-electron chi connectivity index (χ0n) is 16.1. The molecule has 0 unspecified atom stereocenters. The molecule has 0 amide bonds. The summed E-state index contributed by atoms with van der Waals surface area (Å²) in [5.41, 5.74) is 5.77. The minimum absolute atomic E-state index is 0.656. The topological polar surface area (TPSA) is 29.3 Å². The van der Waals surface area contributed by atoms with Gasteiger partial charge in [0.15, 0.2) is 4.96 Å². The Bertz CT molecular complexity index is 1340. The van der Waals surface area contributed by atoms with Crippen molar-refractivity contribution in [3.63, 3.8) is 0 Å². The smallest absolute Gasteiger partial charge is 0.196 e. The summed E-state index contributed by atoms with van der Waals surface area (Å²) < 4.78 is 2.14. The molecule has 0 aliphatic carbocycles. The van der Waals surface area contributed by atoms with Gasteiger partial charge in [0.05, 0.1) is 21.4 Å². The fraction of sp³-hybridized carbons (Fsp3) is 0.0417. The Morgan fingerprint density at radius 3 is 2.37 bits per heavy atom. The van der Waals surface area contributed by atoms with Crippen LogP contribution in [0, 0.1) is 6.92 Å². The third-order valence-corrected chi connectivity index (χ3v) is 6.50. The maximum atomic E-state index is 6.55. The highest BCUT2D eigenvalue weighted by molar-refractivity contribution is 7.15. The lowest BCUT2D eigenvalue weighted by Gasteiger charge is -2.14. The molecule has 0 radical (unpaired) electrons. The van der Waals surface area contributed by atoms with E-state index in [-0.39, 0.29) is 0 Å². The van der Waals surface area contributed by atoms with Gasteiger partial charge in [-0.05, 0) is 30.2 Å². The second-order valence-corrected chi connectivity index (χ2v) is 8.60. The summed E-state index contributed by atoms with van der Waals surface area (Å²) in [6.07, 6.45) is 0. The van der Waals surface area contributed by atoms with Crippen LogP contribution in [0.5, 0.6) is 0 Å². The first-order valence-corrected chi connectivity index (χ1v) is 11.1. The lowest BCUT2D eigenvalue weighted by molar-refractivity contribution is 1.22. The van der Waals surface area contributed by atoms with Crippen molar-refractivity contribution in [3.8, 4) is 22.5 Å². The minimum Gasteiger partial charge on any atom is -0.338 e. The molecule has 0 atom stereocenters. The van der Waals surface area contributed by atoms with Gasteiger partial charge in [0.1, 0.15) is 11.5 Å². The number of rotatable bonds is 4. The largest absolute Gasteiger partial charge is 0.338 e. The number of fused-ring (bicyclic) bond motifs is 1. The molecule has 0 bridgehead atoms. The van der Waals surface area contributed by atoms with E-state index < -0.39 is 0 Å². The Labute approximate surface area is 188 Å². The standard InChI is InChI=1S/C24H17Cl2N3S/c1-15-8-7-13-19(26)21(15)27-23-22(17-11-5-6-12-18(17)25)28-24-29(23)20(14-30-24)16-9-3-2-4-10-16/h2-14,27H,1H3. The van der Waals surface area contributed by atoms with Crippen LogP contribution in [0.2, 0.25) is 10.0 Å². The summed E-state index contributed by atoms with van der Waals surface area (Å²) >= 11 is 14.7. The van der Waals surface area contributed by atoms with E-state index in [2.05, 4.69) is 27.2 Å². The van der Waals surface area contributed by atoms with Gasteiger partial charge in [-0.2, -0.15) is 0 Å². The zero-order chi connectivity index (χ0) is 20.7. The first-order valence-electron chi connectivity index (χ1n) is 9.46. The van der Waals surface area contributed by atoms with E-state index in [1.165, 1.54) is 0 Å². The number of hydrogen-bond acceptors (Lipinski definition) is 3. The van der Waals surface area contributed by atoms with Crippen LogP contribution in [0.4, 0.5) is 11.5 Å². The van der Waals surface area contributed by atoms with Crippen molar-refractivity contribution in [2.45, 2.75) is 6.92 Å². The summed E-state index contributed by atoms with van der Waals surface area (Å²) in [5, 5.41) is 7.01. The van der Waals surface area contributed by atoms with Crippen molar-refractivity contribution in [1.29, 1.82) is 0 Å². The van der Waals surface area contributed by atoms with Crippen LogP contribution in [-0.2, 0) is 0 Å². The van der Waals surface area contributed by atoms with E-state index in [0.717, 1.165) is 44.5 Å². The van der Waals surface area contributed by atoms with Gasteiger partial charge in [-0.1, -0.05) is 83.9 Å². The van der Waals surface area contributed by atoms with Crippen molar-refractivity contribution in [3.05, 3.63) is 93.8 Å². The number of nitrogens with zero attached hydrogens (tertiary/aromatic N) is 2. The van der Waals surface area contributed by atoms with Crippen LogP contribution in [0.3, 0.4) is 0 Å². The van der Waals surface area contributed by atoms with Crippen molar-refractivity contribution >= 4 is 51.0 Å². The number of thiazole rings is 1. The van der Waals surface area contributed by atoms with Gasteiger partial charge < -0.3 is 5.32 Å². The van der Waals surface area contributed by atoms with Gasteiger partial charge >= 0.3 is 0 Å². The van der Waals surface area contributed by atoms with Crippen molar-refractivity contribution in [2.75, 3.05) is 5.32 Å². The van der Waals surface area contributed by atoms with Crippen LogP contribution in [-0.4, -0.2) is 9.38 Å². The van der Waals surface area contributed by atoms with E-state index in [0.29, 0.717) is 10.0 Å². The number of hydrogen-bond donors (Lipinski definition) is 1. The summed E-state index contributed by atoms with van der Waals surface area (Å²) in [6, 6.07) is 23.9. The van der Waals surface area contributed by atoms with Crippen LogP contribution in [0.1, 0.15) is 5.56 Å². The highest BCUT2D eigenvalue weighted by Crippen LogP contribution is 2.41. The molecule has 0 fully saturated rings. The number of anilines is 2. The van der Waals surface area contributed by atoms with E-state index in [9.17, 15) is 0 Å². The minimum atomic E-state index is 0.656. The molecular formula is C24H17Cl2N3S. The number of halogens is 2. The molecule has 5 rings (SSSR count). The van der Waals surface area contributed by atoms with Gasteiger partial charge in [-0.3, -0.25) is 4.40 Å². The lowest BCUT2D eigenvalue weighted by Crippen LogP contribution is -2.00. The van der Waals surface area contributed by atoms with Crippen LogP contribution < -0.4 is 5.32 Å². The predicted molar refractivity (Wildman–Crippen MR) is 128 cm³/mol. The zero-order valence-corrected chi connectivity index (χ0v) is 18.4. The van der Waals surface area contributed by atoms with Crippen molar-refractivity contribution < 1.29 is 0 Å². The number of imidazole rings is 1. The van der Waals surface area contributed by atoms with E-state index in [4.69, 9.17) is 28.2 Å².